The van der Waals surface area contributed by atoms with Gasteiger partial charge < -0.3 is 9.80 Å². The third-order valence-corrected chi connectivity index (χ3v) is 8.74. The van der Waals surface area contributed by atoms with E-state index in [1.54, 1.807) is 0 Å². The van der Waals surface area contributed by atoms with E-state index in [2.05, 4.69) is 150 Å². The van der Waals surface area contributed by atoms with E-state index in [1.165, 1.54) is 45.0 Å². The number of nitrogens with zero attached hydrogens (tertiary/aromatic N) is 2. The normalized spacial score (nSPS) is 22.3. The predicted octanol–water partition coefficient (Wildman–Crippen LogP) is 9.25. The fraction of sp³-hybridized carbons (Fsp3) is 0.189. The lowest BCUT2D eigenvalue weighted by molar-refractivity contribution is 0.707. The summed E-state index contributed by atoms with van der Waals surface area (Å²) in [6.45, 7) is 0. The van der Waals surface area contributed by atoms with Crippen LogP contribution in [-0.2, 0) is 6.42 Å². The molecule has 1 fully saturated rings. The van der Waals surface area contributed by atoms with E-state index in [9.17, 15) is 0 Å². The molecule has 7 rings (SSSR count). The molecule has 192 valence electrons. The highest BCUT2D eigenvalue weighted by Gasteiger charge is 2.58. The van der Waals surface area contributed by atoms with Gasteiger partial charge in [-0.1, -0.05) is 91.1 Å². The summed E-state index contributed by atoms with van der Waals surface area (Å²) >= 11 is 0. The van der Waals surface area contributed by atoms with Crippen LogP contribution in [0.15, 0.2) is 139 Å². The molecule has 0 bridgehead atoms. The molecular formula is C37H34N2. The summed E-state index contributed by atoms with van der Waals surface area (Å²) in [5.41, 5.74) is 10.5. The van der Waals surface area contributed by atoms with E-state index in [1.807, 2.05) is 0 Å². The van der Waals surface area contributed by atoms with E-state index in [-0.39, 0.29) is 5.54 Å². The first kappa shape index (κ1) is 23.8. The SMILES string of the molecule is CN(c1ccc(N(c2ccccc2)c2cccc3c2C=CCC3)cc1)C12C=CC=C(C3=CC=CCC=C3)C1C2. The molecule has 0 aromatic heterocycles. The third-order valence-electron chi connectivity index (χ3n) is 8.74. The third kappa shape index (κ3) is 4.21. The number of likely N-dealkylation sites (N-methyl/N-ethyl adjacent to an activating group) is 1. The fourth-order valence-corrected chi connectivity index (χ4v) is 6.53. The van der Waals surface area contributed by atoms with E-state index in [4.69, 9.17) is 0 Å². The van der Waals surface area contributed by atoms with Gasteiger partial charge >= 0.3 is 0 Å². The van der Waals surface area contributed by atoms with Crippen molar-refractivity contribution in [1.82, 2.24) is 0 Å². The first-order valence-corrected chi connectivity index (χ1v) is 14.2. The van der Waals surface area contributed by atoms with Crippen LogP contribution in [0.3, 0.4) is 0 Å². The Labute approximate surface area is 232 Å². The molecular weight excluding hydrogens is 472 g/mol. The lowest BCUT2D eigenvalue weighted by atomic mass is 9.92. The highest BCUT2D eigenvalue weighted by Crippen LogP contribution is 2.58. The quantitative estimate of drug-likeness (QED) is 0.329. The molecule has 2 unspecified atom stereocenters. The second-order valence-corrected chi connectivity index (χ2v) is 11.0. The van der Waals surface area contributed by atoms with Crippen LogP contribution in [0, 0.1) is 5.92 Å². The van der Waals surface area contributed by atoms with Gasteiger partial charge in [0.25, 0.3) is 0 Å². The molecule has 39 heavy (non-hydrogen) atoms. The second-order valence-electron chi connectivity index (χ2n) is 11.0. The Morgan fingerprint density at radius 1 is 0.744 bits per heavy atom. The standard InChI is InChI=1S/C37H34N2/c1-38(37-26-12-20-33(35(37)27-37)28-13-5-2-3-6-14-28)30-22-24-32(25-23-30)39(31-17-7-4-8-18-31)36-21-11-16-29-15-9-10-19-34(29)36/h2,4-8,10-14,16-26,35H,3,9,15,27H2,1H3. The van der Waals surface area contributed by atoms with E-state index in [0.717, 1.165) is 25.7 Å². The smallest absolute Gasteiger partial charge is 0.0660 e. The summed E-state index contributed by atoms with van der Waals surface area (Å²) in [5, 5.41) is 0. The van der Waals surface area contributed by atoms with Gasteiger partial charge in [0.2, 0.25) is 0 Å². The van der Waals surface area contributed by atoms with Gasteiger partial charge in [0.15, 0.2) is 0 Å². The number of benzene rings is 3. The number of hydrogen-bond donors (Lipinski definition) is 0. The van der Waals surface area contributed by atoms with Crippen molar-refractivity contribution in [3.05, 3.63) is 150 Å². The van der Waals surface area contributed by atoms with Gasteiger partial charge in [0, 0.05) is 35.6 Å². The number of rotatable bonds is 6. The summed E-state index contributed by atoms with van der Waals surface area (Å²) in [6.07, 6.45) is 27.2. The Morgan fingerprint density at radius 2 is 1.56 bits per heavy atom. The minimum absolute atomic E-state index is 0.0543. The van der Waals surface area contributed by atoms with Gasteiger partial charge in [-0.25, -0.2) is 0 Å². The Bertz CT molecular complexity index is 1570. The average Bonchev–Trinajstić information content (AvgIpc) is 3.79. The van der Waals surface area contributed by atoms with E-state index < -0.39 is 0 Å². The molecule has 0 N–H and O–H groups in total. The molecule has 2 heteroatoms. The second kappa shape index (κ2) is 9.78. The summed E-state index contributed by atoms with van der Waals surface area (Å²) in [5.74, 6) is 0.526. The topological polar surface area (TPSA) is 6.48 Å². The van der Waals surface area contributed by atoms with Crippen LogP contribution in [0.5, 0.6) is 0 Å². The van der Waals surface area contributed by atoms with Crippen molar-refractivity contribution in [2.45, 2.75) is 31.2 Å². The summed E-state index contributed by atoms with van der Waals surface area (Å²) in [7, 11) is 2.26. The van der Waals surface area contributed by atoms with Crippen molar-refractivity contribution in [3.63, 3.8) is 0 Å². The fourth-order valence-electron chi connectivity index (χ4n) is 6.53. The van der Waals surface area contributed by atoms with Gasteiger partial charge in [-0.15, -0.1) is 0 Å². The molecule has 2 nitrogen and oxygen atoms in total. The van der Waals surface area contributed by atoms with Gasteiger partial charge in [-0.05, 0) is 84.9 Å². The zero-order chi connectivity index (χ0) is 26.2. The molecule has 3 aromatic carbocycles. The number of para-hydroxylation sites is 1. The van der Waals surface area contributed by atoms with Gasteiger partial charge in [-0.3, -0.25) is 0 Å². The molecule has 0 spiro atoms. The molecule has 3 aromatic rings. The van der Waals surface area contributed by atoms with Gasteiger partial charge in [0.1, 0.15) is 0 Å². The molecule has 4 aliphatic carbocycles. The van der Waals surface area contributed by atoms with Crippen LogP contribution in [0.1, 0.15) is 30.4 Å². The van der Waals surface area contributed by atoms with Gasteiger partial charge in [-0.2, -0.15) is 0 Å². The Balaban J connectivity index is 1.20. The highest BCUT2D eigenvalue weighted by molar-refractivity contribution is 5.84. The molecule has 0 radical (unpaired) electrons. The van der Waals surface area contributed by atoms with Crippen molar-refractivity contribution in [3.8, 4) is 0 Å². The van der Waals surface area contributed by atoms with Crippen LogP contribution in [0.4, 0.5) is 22.7 Å². The summed E-state index contributed by atoms with van der Waals surface area (Å²) in [6, 6.07) is 26.6. The summed E-state index contributed by atoms with van der Waals surface area (Å²) in [4.78, 5) is 4.89. The Hall–Kier alpha value is -4.30. The van der Waals surface area contributed by atoms with Crippen LogP contribution < -0.4 is 9.80 Å². The molecule has 2 atom stereocenters. The number of aryl methyl sites for hydroxylation is 1. The Morgan fingerprint density at radius 3 is 2.44 bits per heavy atom. The predicted molar refractivity (Wildman–Crippen MR) is 166 cm³/mol. The number of fused-ring (bicyclic) bond motifs is 2. The maximum atomic E-state index is 2.49. The molecule has 0 saturated heterocycles. The molecule has 0 amide bonds. The highest BCUT2D eigenvalue weighted by atomic mass is 15.2. The lowest BCUT2D eigenvalue weighted by Gasteiger charge is -2.32. The number of anilines is 4. The van der Waals surface area contributed by atoms with Crippen LogP contribution in [-0.4, -0.2) is 12.6 Å². The molecule has 0 aliphatic heterocycles. The minimum Gasteiger partial charge on any atom is -0.365 e. The first-order valence-electron chi connectivity index (χ1n) is 14.2. The van der Waals surface area contributed by atoms with Crippen LogP contribution >= 0.6 is 0 Å². The largest absolute Gasteiger partial charge is 0.365 e. The van der Waals surface area contributed by atoms with Crippen LogP contribution in [0.2, 0.25) is 0 Å². The zero-order valence-corrected chi connectivity index (χ0v) is 22.5. The Kier molecular flexibility index (Phi) is 5.97. The van der Waals surface area contributed by atoms with Crippen molar-refractivity contribution < 1.29 is 0 Å². The van der Waals surface area contributed by atoms with Crippen molar-refractivity contribution in [1.29, 1.82) is 0 Å². The van der Waals surface area contributed by atoms with E-state index >= 15 is 0 Å². The molecule has 4 aliphatic rings. The van der Waals surface area contributed by atoms with E-state index in [0.29, 0.717) is 5.92 Å². The lowest BCUT2D eigenvalue weighted by Crippen LogP contribution is -2.35. The average molecular weight is 507 g/mol. The van der Waals surface area contributed by atoms with Crippen LogP contribution in [0.25, 0.3) is 6.08 Å². The maximum absolute atomic E-state index is 2.49. The number of allylic oxidation sites excluding steroid dienone is 9. The van der Waals surface area contributed by atoms with Crippen molar-refractivity contribution in [2.75, 3.05) is 16.8 Å². The van der Waals surface area contributed by atoms with Crippen molar-refractivity contribution >= 4 is 28.8 Å². The number of hydrogen-bond acceptors (Lipinski definition) is 2. The molecule has 0 heterocycles. The zero-order valence-electron chi connectivity index (χ0n) is 22.5. The maximum Gasteiger partial charge on any atom is 0.0660 e. The van der Waals surface area contributed by atoms with Gasteiger partial charge in [0.05, 0.1) is 11.2 Å². The summed E-state index contributed by atoms with van der Waals surface area (Å²) < 4.78 is 0. The monoisotopic (exact) mass is 506 g/mol. The molecule has 1 saturated carbocycles. The first-order chi connectivity index (χ1) is 19.2. The van der Waals surface area contributed by atoms with Crippen molar-refractivity contribution in [2.24, 2.45) is 5.92 Å². The minimum atomic E-state index is 0.0543.